The van der Waals surface area contributed by atoms with Crippen molar-refractivity contribution in [3.63, 3.8) is 0 Å². The van der Waals surface area contributed by atoms with Crippen molar-refractivity contribution in [3.8, 4) is 0 Å². The largest absolute Gasteiger partial charge is 0.410 e. The molecule has 6 heteroatoms. The van der Waals surface area contributed by atoms with E-state index in [0.29, 0.717) is 12.0 Å². The number of carbonyl (C=O) groups excluding carboxylic acids is 1. The van der Waals surface area contributed by atoms with Gasteiger partial charge in [0.2, 0.25) is 0 Å². The number of carbonyl (C=O) groups is 1. The van der Waals surface area contributed by atoms with Crippen LogP contribution in [0.15, 0.2) is 6.20 Å². The van der Waals surface area contributed by atoms with Gasteiger partial charge in [-0.05, 0) is 13.8 Å². The van der Waals surface area contributed by atoms with Crippen LogP contribution in [0.3, 0.4) is 0 Å². The maximum absolute atomic E-state index is 12.2. The van der Waals surface area contributed by atoms with E-state index in [0.717, 1.165) is 17.8 Å². The Hall–Kier alpha value is -1.33. The molecule has 14 heavy (non-hydrogen) atoms. The fraction of sp³-hybridized carbons (Fsp3) is 0.500. The summed E-state index contributed by atoms with van der Waals surface area (Å²) in [5, 5.41) is 3.61. The molecule has 1 unspecified atom stereocenters. The van der Waals surface area contributed by atoms with Crippen molar-refractivity contribution in [3.05, 3.63) is 17.5 Å². The summed E-state index contributed by atoms with van der Waals surface area (Å²) in [6.07, 6.45) is -2.76. The van der Waals surface area contributed by atoms with Gasteiger partial charge in [0.1, 0.15) is 6.04 Å². The Labute approximate surface area is 78.5 Å². The highest BCUT2D eigenvalue weighted by Crippen LogP contribution is 2.29. The Morgan fingerprint density at radius 3 is 2.50 bits per heavy atom. The van der Waals surface area contributed by atoms with Gasteiger partial charge in [-0.15, -0.1) is 0 Å². The highest BCUT2D eigenvalue weighted by atomic mass is 19.4. The van der Waals surface area contributed by atoms with Crippen LogP contribution < -0.4 is 0 Å². The summed E-state index contributed by atoms with van der Waals surface area (Å²) >= 11 is 0. The highest BCUT2D eigenvalue weighted by Gasteiger charge is 2.38. The van der Waals surface area contributed by atoms with Crippen molar-refractivity contribution in [2.45, 2.75) is 26.1 Å². The second kappa shape index (κ2) is 3.43. The van der Waals surface area contributed by atoms with Crippen molar-refractivity contribution < 1.29 is 18.0 Å². The zero-order valence-corrected chi connectivity index (χ0v) is 7.67. The van der Waals surface area contributed by atoms with E-state index in [1.165, 1.54) is 6.92 Å². The van der Waals surface area contributed by atoms with E-state index >= 15 is 0 Å². The quantitative estimate of drug-likeness (QED) is 0.694. The van der Waals surface area contributed by atoms with Crippen molar-refractivity contribution in [2.75, 3.05) is 0 Å². The zero-order chi connectivity index (χ0) is 10.9. The van der Waals surface area contributed by atoms with Crippen LogP contribution >= 0.6 is 0 Å². The van der Waals surface area contributed by atoms with Gasteiger partial charge in [0, 0.05) is 6.20 Å². The fourth-order valence-corrected chi connectivity index (χ4v) is 0.960. The lowest BCUT2D eigenvalue weighted by atomic mass is 10.3. The van der Waals surface area contributed by atoms with E-state index in [1.54, 1.807) is 0 Å². The van der Waals surface area contributed by atoms with Gasteiger partial charge in [0.15, 0.2) is 6.29 Å². The third kappa shape index (κ3) is 1.94. The predicted octanol–water partition coefficient (Wildman–Crippen LogP) is 2.13. The van der Waals surface area contributed by atoms with Gasteiger partial charge >= 0.3 is 6.18 Å². The molecule has 1 heterocycles. The zero-order valence-electron chi connectivity index (χ0n) is 7.67. The van der Waals surface area contributed by atoms with Crippen LogP contribution in [0.4, 0.5) is 13.2 Å². The Morgan fingerprint density at radius 2 is 2.14 bits per heavy atom. The molecule has 1 atom stereocenters. The van der Waals surface area contributed by atoms with Gasteiger partial charge in [-0.2, -0.15) is 18.3 Å². The van der Waals surface area contributed by atoms with Crippen LogP contribution in [0.25, 0.3) is 0 Å². The normalized spacial score (nSPS) is 14.1. The van der Waals surface area contributed by atoms with Crippen LogP contribution in [0.1, 0.15) is 29.0 Å². The van der Waals surface area contributed by atoms with Crippen molar-refractivity contribution in [2.24, 2.45) is 0 Å². The molecule has 1 aromatic rings. The third-order valence-electron chi connectivity index (χ3n) is 1.95. The highest BCUT2D eigenvalue weighted by molar-refractivity contribution is 5.75. The summed E-state index contributed by atoms with van der Waals surface area (Å²) in [7, 11) is 0. The number of hydrogen-bond acceptors (Lipinski definition) is 2. The van der Waals surface area contributed by atoms with E-state index < -0.39 is 12.2 Å². The molecule has 3 nitrogen and oxygen atoms in total. The molecule has 0 aliphatic carbocycles. The monoisotopic (exact) mass is 206 g/mol. The van der Waals surface area contributed by atoms with E-state index in [4.69, 9.17) is 0 Å². The van der Waals surface area contributed by atoms with Crippen LogP contribution in [-0.2, 0) is 0 Å². The number of aryl methyl sites for hydroxylation is 1. The van der Waals surface area contributed by atoms with Crippen molar-refractivity contribution in [1.82, 2.24) is 9.78 Å². The SMILES string of the molecule is Cc1nn(C(C)C(F)(F)F)cc1C=O. The molecular formula is C8H9F3N2O. The van der Waals surface area contributed by atoms with E-state index in [1.807, 2.05) is 0 Å². The second-order valence-electron chi connectivity index (χ2n) is 2.99. The minimum absolute atomic E-state index is 0.182. The molecule has 0 aliphatic rings. The van der Waals surface area contributed by atoms with E-state index in [9.17, 15) is 18.0 Å². The van der Waals surface area contributed by atoms with Gasteiger partial charge in [-0.3, -0.25) is 9.48 Å². The smallest absolute Gasteiger partial charge is 0.298 e. The standard InChI is InChI=1S/C8H9F3N2O/c1-5-7(4-14)3-13(12-5)6(2)8(9,10)11/h3-4,6H,1-2H3. The summed E-state index contributed by atoms with van der Waals surface area (Å²) < 4.78 is 37.4. The van der Waals surface area contributed by atoms with Gasteiger partial charge in [0.25, 0.3) is 0 Å². The minimum Gasteiger partial charge on any atom is -0.298 e. The van der Waals surface area contributed by atoms with Crippen LogP contribution in [0.2, 0.25) is 0 Å². The Kier molecular flexibility index (Phi) is 2.64. The molecular weight excluding hydrogens is 197 g/mol. The minimum atomic E-state index is -4.35. The van der Waals surface area contributed by atoms with Crippen molar-refractivity contribution >= 4 is 6.29 Å². The second-order valence-corrected chi connectivity index (χ2v) is 2.99. The maximum Gasteiger partial charge on any atom is 0.410 e. The lowest BCUT2D eigenvalue weighted by Crippen LogP contribution is -2.24. The summed E-state index contributed by atoms with van der Waals surface area (Å²) in [6.45, 7) is 2.48. The molecule has 78 valence electrons. The number of halogens is 3. The molecule has 0 bridgehead atoms. The first-order valence-corrected chi connectivity index (χ1v) is 3.94. The van der Waals surface area contributed by atoms with E-state index in [-0.39, 0.29) is 5.56 Å². The molecule has 0 fully saturated rings. The molecule has 1 rings (SSSR count). The summed E-state index contributed by atoms with van der Waals surface area (Å²) in [5.74, 6) is 0. The molecule has 0 N–H and O–H groups in total. The number of alkyl halides is 3. The summed E-state index contributed by atoms with van der Waals surface area (Å²) in [4.78, 5) is 10.4. The Bertz CT molecular complexity index is 343. The lowest BCUT2D eigenvalue weighted by Gasteiger charge is -2.15. The Morgan fingerprint density at radius 1 is 1.57 bits per heavy atom. The third-order valence-corrected chi connectivity index (χ3v) is 1.95. The van der Waals surface area contributed by atoms with Crippen LogP contribution in [-0.4, -0.2) is 22.2 Å². The maximum atomic E-state index is 12.2. The first-order chi connectivity index (χ1) is 6.36. The molecule has 0 amide bonds. The topological polar surface area (TPSA) is 34.9 Å². The van der Waals surface area contributed by atoms with Crippen LogP contribution in [0, 0.1) is 6.92 Å². The molecule has 0 saturated carbocycles. The van der Waals surface area contributed by atoms with Gasteiger partial charge in [-0.25, -0.2) is 0 Å². The molecule has 1 aromatic heterocycles. The molecule has 0 radical (unpaired) electrons. The van der Waals surface area contributed by atoms with Gasteiger partial charge in [-0.1, -0.05) is 0 Å². The van der Waals surface area contributed by atoms with Crippen LogP contribution in [0.5, 0.6) is 0 Å². The van der Waals surface area contributed by atoms with Crippen molar-refractivity contribution in [1.29, 1.82) is 0 Å². The first-order valence-electron chi connectivity index (χ1n) is 3.94. The van der Waals surface area contributed by atoms with Gasteiger partial charge < -0.3 is 0 Å². The number of nitrogens with zero attached hydrogens (tertiary/aromatic N) is 2. The lowest BCUT2D eigenvalue weighted by molar-refractivity contribution is -0.165. The predicted molar refractivity (Wildman–Crippen MR) is 43.1 cm³/mol. The fourth-order valence-electron chi connectivity index (χ4n) is 0.960. The van der Waals surface area contributed by atoms with E-state index in [2.05, 4.69) is 5.10 Å². The average molecular weight is 206 g/mol. The average Bonchev–Trinajstić information content (AvgIpc) is 2.43. The summed E-state index contributed by atoms with van der Waals surface area (Å²) in [6, 6.07) is -1.71. The molecule has 0 aromatic carbocycles. The number of aromatic nitrogens is 2. The Balaban J connectivity index is 3.03. The molecule has 0 saturated heterocycles. The molecule has 0 aliphatic heterocycles. The number of aldehydes is 1. The van der Waals surface area contributed by atoms with Gasteiger partial charge in [0.05, 0.1) is 11.3 Å². The number of rotatable bonds is 2. The number of hydrogen-bond donors (Lipinski definition) is 0. The molecule has 0 spiro atoms. The first kappa shape index (κ1) is 10.7. The summed E-state index contributed by atoms with van der Waals surface area (Å²) in [5.41, 5.74) is 0.484.